The van der Waals surface area contributed by atoms with E-state index in [2.05, 4.69) is 58.0 Å². The third-order valence-corrected chi connectivity index (χ3v) is 15.0. The Kier molecular flexibility index (Phi) is 18.2. The molecule has 0 bridgehead atoms. The fourth-order valence-electron chi connectivity index (χ4n) is 12.1. The van der Waals surface area contributed by atoms with Crippen molar-refractivity contribution in [2.24, 2.45) is 5.92 Å². The van der Waals surface area contributed by atoms with Crippen molar-refractivity contribution in [3.8, 4) is 0 Å². The van der Waals surface area contributed by atoms with E-state index >= 15 is 0 Å². The fourth-order valence-corrected chi connectivity index (χ4v) is 12.1. The molecule has 4 heterocycles. The number of rotatable bonds is 20. The molecule has 0 spiro atoms. The highest BCUT2D eigenvalue weighted by molar-refractivity contribution is 5.47. The first-order valence-electron chi connectivity index (χ1n) is 25.7. The highest BCUT2D eigenvalue weighted by Crippen LogP contribution is 2.44. The zero-order valence-corrected chi connectivity index (χ0v) is 39.5. The van der Waals surface area contributed by atoms with Gasteiger partial charge in [-0.3, -0.25) is 14.5 Å². The molecule has 0 amide bonds. The first kappa shape index (κ1) is 48.0. The summed E-state index contributed by atoms with van der Waals surface area (Å²) in [5, 5.41) is 31.2. The van der Waals surface area contributed by atoms with Crippen LogP contribution in [0.25, 0.3) is 0 Å². The number of aromatic nitrogens is 3. The summed E-state index contributed by atoms with van der Waals surface area (Å²) in [5.74, 6) is 2.43. The molecular weight excluding hydrogens is 783 g/mol. The standard InChI is InChI=1S/C48H87N9O5/c1-47(2)36-38(37-48(3,4)57(47)62-43-21-12-7-13-22-43)16-14-15-27-49-44-50-45(55(32-34-58)39-23-28-53(29-24-39)60-41-17-8-5-9-18-41)52-46(51-44)56(33-35-59)40-25-30-54(31-26-40)61-42-19-10-6-11-20-42/h38-43,58-59H,5-37H2,1-4H3,(H,49,50,51,52). The third-order valence-electron chi connectivity index (χ3n) is 15.0. The lowest BCUT2D eigenvalue weighted by Crippen LogP contribution is -2.61. The Morgan fingerprint density at radius 1 is 0.565 bits per heavy atom. The number of anilines is 3. The lowest BCUT2D eigenvalue weighted by molar-refractivity contribution is -0.314. The molecular formula is C48H87N9O5. The third kappa shape index (κ3) is 13.6. The van der Waals surface area contributed by atoms with E-state index in [1.54, 1.807) is 0 Å². The molecule has 0 radical (unpaired) electrons. The van der Waals surface area contributed by atoms with E-state index in [-0.39, 0.29) is 36.4 Å². The van der Waals surface area contributed by atoms with Gasteiger partial charge in [0.1, 0.15) is 0 Å². The van der Waals surface area contributed by atoms with Crippen LogP contribution in [0.5, 0.6) is 0 Å². The quantitative estimate of drug-likeness (QED) is 0.109. The SMILES string of the molecule is CC1(C)CC(CCCCNc2nc(N(CCO)C3CCN(OC4CCCCC4)CC3)nc(N(CCO)C3CCN(OC4CCCCC4)CC3)n2)CC(C)(C)N1OC1CCCCC1. The number of aliphatic hydroxyl groups excluding tert-OH is 2. The maximum absolute atomic E-state index is 10.4. The van der Waals surface area contributed by atoms with Crippen LogP contribution in [-0.2, 0) is 14.5 Å². The summed E-state index contributed by atoms with van der Waals surface area (Å²) in [7, 11) is 0. The van der Waals surface area contributed by atoms with Crippen LogP contribution in [0.3, 0.4) is 0 Å². The molecule has 14 nitrogen and oxygen atoms in total. The molecule has 62 heavy (non-hydrogen) atoms. The summed E-state index contributed by atoms with van der Waals surface area (Å²) >= 11 is 0. The summed E-state index contributed by atoms with van der Waals surface area (Å²) in [6, 6.07) is 0.354. The first-order chi connectivity index (χ1) is 30.1. The molecule has 7 rings (SSSR count). The number of piperidine rings is 3. The van der Waals surface area contributed by atoms with Crippen LogP contribution in [0.4, 0.5) is 17.8 Å². The predicted octanol–water partition coefficient (Wildman–Crippen LogP) is 8.04. The van der Waals surface area contributed by atoms with Gasteiger partial charge in [0, 0.05) is 69.0 Å². The predicted molar refractivity (Wildman–Crippen MR) is 247 cm³/mol. The molecule has 6 aliphatic rings. The second-order valence-corrected chi connectivity index (χ2v) is 21.1. The number of aliphatic hydroxyl groups is 2. The lowest BCUT2D eigenvalue weighted by Gasteiger charge is -2.55. The van der Waals surface area contributed by atoms with Crippen molar-refractivity contribution in [1.82, 2.24) is 30.1 Å². The average molecular weight is 870 g/mol. The summed E-state index contributed by atoms with van der Waals surface area (Å²) in [4.78, 5) is 39.5. The van der Waals surface area contributed by atoms with E-state index < -0.39 is 0 Å². The normalized spacial score (nSPS) is 25.0. The number of nitrogens with one attached hydrogen (secondary N) is 1. The van der Waals surface area contributed by atoms with Crippen LogP contribution in [0.15, 0.2) is 0 Å². The van der Waals surface area contributed by atoms with Crippen LogP contribution < -0.4 is 15.1 Å². The molecule has 6 fully saturated rings. The Hall–Kier alpha value is -1.91. The van der Waals surface area contributed by atoms with Gasteiger partial charge in [-0.25, -0.2) is 0 Å². The van der Waals surface area contributed by atoms with E-state index in [0.29, 0.717) is 55.2 Å². The molecule has 0 aromatic carbocycles. The van der Waals surface area contributed by atoms with Gasteiger partial charge in [0.2, 0.25) is 17.8 Å². The van der Waals surface area contributed by atoms with Gasteiger partial charge in [-0.15, -0.1) is 0 Å². The topological polar surface area (TPSA) is 135 Å². The van der Waals surface area contributed by atoms with Crippen molar-refractivity contribution in [2.45, 2.75) is 223 Å². The maximum Gasteiger partial charge on any atom is 0.232 e. The second kappa shape index (κ2) is 23.5. The highest BCUT2D eigenvalue weighted by atomic mass is 16.7. The Balaban J connectivity index is 0.999. The lowest BCUT2D eigenvalue weighted by atomic mass is 9.73. The van der Waals surface area contributed by atoms with Gasteiger partial charge in [-0.2, -0.15) is 30.1 Å². The van der Waals surface area contributed by atoms with Crippen molar-refractivity contribution in [1.29, 1.82) is 0 Å². The minimum atomic E-state index is -0.00125. The molecule has 3 saturated carbocycles. The first-order valence-corrected chi connectivity index (χ1v) is 25.7. The monoisotopic (exact) mass is 870 g/mol. The van der Waals surface area contributed by atoms with Crippen molar-refractivity contribution in [2.75, 3.05) is 74.1 Å². The maximum atomic E-state index is 10.4. The number of nitrogens with zero attached hydrogens (tertiary/aromatic N) is 8. The number of hydrogen-bond acceptors (Lipinski definition) is 14. The van der Waals surface area contributed by atoms with Crippen molar-refractivity contribution in [3.05, 3.63) is 0 Å². The van der Waals surface area contributed by atoms with E-state index in [1.807, 2.05) is 0 Å². The Morgan fingerprint density at radius 3 is 1.40 bits per heavy atom. The average Bonchev–Trinajstić information content (AvgIpc) is 3.27. The molecule has 354 valence electrons. The van der Waals surface area contributed by atoms with E-state index in [9.17, 15) is 10.2 Å². The number of unbranched alkanes of at least 4 members (excludes halogenated alkanes) is 1. The smallest absolute Gasteiger partial charge is 0.232 e. The fraction of sp³-hybridized carbons (Fsp3) is 0.938. The van der Waals surface area contributed by atoms with Gasteiger partial charge < -0.3 is 25.3 Å². The van der Waals surface area contributed by atoms with Crippen LogP contribution in [-0.4, -0.2) is 141 Å². The van der Waals surface area contributed by atoms with E-state index in [1.165, 1.54) is 77.0 Å². The second-order valence-electron chi connectivity index (χ2n) is 21.1. The molecule has 0 unspecified atom stereocenters. The molecule has 3 N–H and O–H groups in total. The molecule has 3 aliphatic carbocycles. The van der Waals surface area contributed by atoms with Gasteiger partial charge in [0.05, 0.1) is 31.5 Å². The summed E-state index contributed by atoms with van der Waals surface area (Å²) < 4.78 is 0. The van der Waals surface area contributed by atoms with Crippen LogP contribution >= 0.6 is 0 Å². The van der Waals surface area contributed by atoms with E-state index in [4.69, 9.17) is 29.5 Å². The minimum Gasteiger partial charge on any atom is -0.395 e. The summed E-state index contributed by atoms with van der Waals surface area (Å²) in [6.07, 6.45) is 28.9. The van der Waals surface area contributed by atoms with Gasteiger partial charge >= 0.3 is 0 Å². The van der Waals surface area contributed by atoms with Gasteiger partial charge in [0.15, 0.2) is 0 Å². The van der Waals surface area contributed by atoms with Crippen molar-refractivity contribution < 1.29 is 24.7 Å². The zero-order valence-electron chi connectivity index (χ0n) is 39.5. The number of hydrogen-bond donors (Lipinski definition) is 3. The molecule has 3 saturated heterocycles. The van der Waals surface area contributed by atoms with Crippen LogP contribution in [0.1, 0.15) is 182 Å². The molecule has 14 heteroatoms. The van der Waals surface area contributed by atoms with Crippen LogP contribution in [0.2, 0.25) is 0 Å². The molecule has 1 aromatic rings. The van der Waals surface area contributed by atoms with E-state index in [0.717, 1.165) is 110 Å². The highest BCUT2D eigenvalue weighted by Gasteiger charge is 2.47. The van der Waals surface area contributed by atoms with Gasteiger partial charge in [0.25, 0.3) is 0 Å². The Bertz CT molecular complexity index is 1350. The Morgan fingerprint density at radius 2 is 0.984 bits per heavy atom. The Labute approximate surface area is 375 Å². The van der Waals surface area contributed by atoms with Crippen molar-refractivity contribution >= 4 is 17.8 Å². The van der Waals surface area contributed by atoms with Gasteiger partial charge in [-0.1, -0.05) is 70.6 Å². The minimum absolute atomic E-state index is 0.00125. The molecule has 0 atom stereocenters. The largest absolute Gasteiger partial charge is 0.395 e. The summed E-state index contributed by atoms with van der Waals surface area (Å²) in [6.45, 7) is 14.6. The molecule has 1 aromatic heterocycles. The molecule has 3 aliphatic heterocycles. The van der Waals surface area contributed by atoms with Crippen LogP contribution in [0, 0.1) is 5.92 Å². The summed E-state index contributed by atoms with van der Waals surface area (Å²) in [5.41, 5.74) is -0.00250. The van der Waals surface area contributed by atoms with Gasteiger partial charge in [-0.05, 0) is 117 Å². The zero-order chi connectivity index (χ0) is 43.4. The van der Waals surface area contributed by atoms with Crippen molar-refractivity contribution in [3.63, 3.8) is 0 Å². The number of hydroxylamine groups is 6.